The predicted molar refractivity (Wildman–Crippen MR) is 62.4 cm³/mol. The molecule has 0 saturated carbocycles. The average molecular weight is 284 g/mol. The van der Waals surface area contributed by atoms with Crippen LogP contribution in [0.5, 0.6) is 5.75 Å². The summed E-state index contributed by atoms with van der Waals surface area (Å²) in [6.45, 7) is 1.77. The fourth-order valence-corrected chi connectivity index (χ4v) is 1.48. The first-order chi connectivity index (χ1) is 9.40. The number of carbonyl (C=O) groups is 1. The SMILES string of the molecule is Cc1ccc(C(=O)Oc2c(F)c(F)cc(F)c2F)cc1. The first-order valence-electron chi connectivity index (χ1n) is 5.52. The molecule has 6 heteroatoms. The lowest BCUT2D eigenvalue weighted by Gasteiger charge is -2.08. The summed E-state index contributed by atoms with van der Waals surface area (Å²) in [5.41, 5.74) is 0.856. The van der Waals surface area contributed by atoms with E-state index in [0.717, 1.165) is 5.56 Å². The zero-order valence-corrected chi connectivity index (χ0v) is 10.2. The topological polar surface area (TPSA) is 26.3 Å². The predicted octanol–water partition coefficient (Wildman–Crippen LogP) is 3.77. The van der Waals surface area contributed by atoms with Crippen LogP contribution in [0.3, 0.4) is 0 Å². The Bertz CT molecular complexity index is 640. The first kappa shape index (κ1) is 14.0. The van der Waals surface area contributed by atoms with Crippen molar-refractivity contribution in [2.24, 2.45) is 0 Å². The summed E-state index contributed by atoms with van der Waals surface area (Å²) in [5, 5.41) is 0. The van der Waals surface area contributed by atoms with E-state index in [1.54, 1.807) is 19.1 Å². The van der Waals surface area contributed by atoms with Gasteiger partial charge in [-0.25, -0.2) is 13.6 Å². The number of benzene rings is 2. The van der Waals surface area contributed by atoms with Gasteiger partial charge in [0.2, 0.25) is 17.4 Å². The van der Waals surface area contributed by atoms with E-state index in [-0.39, 0.29) is 11.6 Å². The second-order valence-corrected chi connectivity index (χ2v) is 4.05. The number of ether oxygens (including phenoxy) is 1. The molecule has 2 aromatic rings. The van der Waals surface area contributed by atoms with Crippen LogP contribution in [-0.4, -0.2) is 5.97 Å². The van der Waals surface area contributed by atoms with Gasteiger partial charge in [0.25, 0.3) is 0 Å². The molecular formula is C14H8F4O2. The number of rotatable bonds is 2. The van der Waals surface area contributed by atoms with Crippen molar-refractivity contribution in [3.05, 3.63) is 64.7 Å². The van der Waals surface area contributed by atoms with Crippen molar-refractivity contribution in [3.63, 3.8) is 0 Å². The van der Waals surface area contributed by atoms with Crippen molar-refractivity contribution in [1.29, 1.82) is 0 Å². The minimum atomic E-state index is -1.76. The summed E-state index contributed by atoms with van der Waals surface area (Å²) >= 11 is 0. The first-order valence-corrected chi connectivity index (χ1v) is 5.52. The molecule has 0 aliphatic rings. The number of aryl methyl sites for hydroxylation is 1. The third-order valence-corrected chi connectivity index (χ3v) is 2.55. The number of hydrogen-bond donors (Lipinski definition) is 0. The Morgan fingerprint density at radius 1 is 0.950 bits per heavy atom. The van der Waals surface area contributed by atoms with Gasteiger partial charge in [-0.3, -0.25) is 0 Å². The van der Waals surface area contributed by atoms with Crippen molar-refractivity contribution in [2.75, 3.05) is 0 Å². The van der Waals surface area contributed by atoms with Crippen molar-refractivity contribution in [1.82, 2.24) is 0 Å². The Balaban J connectivity index is 2.35. The molecule has 0 atom stereocenters. The van der Waals surface area contributed by atoms with E-state index in [0.29, 0.717) is 0 Å². The molecule has 2 rings (SSSR count). The van der Waals surface area contributed by atoms with Gasteiger partial charge in [0.15, 0.2) is 11.6 Å². The fourth-order valence-electron chi connectivity index (χ4n) is 1.48. The van der Waals surface area contributed by atoms with E-state index in [4.69, 9.17) is 0 Å². The smallest absolute Gasteiger partial charge is 0.343 e. The van der Waals surface area contributed by atoms with Crippen LogP contribution in [0.1, 0.15) is 15.9 Å². The van der Waals surface area contributed by atoms with Gasteiger partial charge in [-0.15, -0.1) is 0 Å². The molecule has 2 nitrogen and oxygen atoms in total. The maximum atomic E-state index is 13.3. The maximum Gasteiger partial charge on any atom is 0.343 e. The highest BCUT2D eigenvalue weighted by molar-refractivity contribution is 5.91. The molecule has 0 unspecified atom stereocenters. The van der Waals surface area contributed by atoms with Crippen molar-refractivity contribution >= 4 is 5.97 Å². The van der Waals surface area contributed by atoms with Crippen LogP contribution >= 0.6 is 0 Å². The molecule has 104 valence electrons. The van der Waals surface area contributed by atoms with E-state index in [2.05, 4.69) is 4.74 Å². The molecule has 20 heavy (non-hydrogen) atoms. The van der Waals surface area contributed by atoms with E-state index >= 15 is 0 Å². The van der Waals surface area contributed by atoms with Gasteiger partial charge in [0, 0.05) is 6.07 Å². The lowest BCUT2D eigenvalue weighted by Crippen LogP contribution is -2.12. The zero-order valence-electron chi connectivity index (χ0n) is 10.2. The quantitative estimate of drug-likeness (QED) is 0.363. The molecule has 2 aromatic carbocycles. The molecule has 0 fully saturated rings. The van der Waals surface area contributed by atoms with Crippen LogP contribution in [0.15, 0.2) is 30.3 Å². The Labute approximate surface area is 111 Å². The third-order valence-electron chi connectivity index (χ3n) is 2.55. The summed E-state index contributed by atoms with van der Waals surface area (Å²) in [6.07, 6.45) is 0. The van der Waals surface area contributed by atoms with Crippen molar-refractivity contribution < 1.29 is 27.1 Å². The van der Waals surface area contributed by atoms with Gasteiger partial charge in [-0.05, 0) is 19.1 Å². The summed E-state index contributed by atoms with van der Waals surface area (Å²) in [7, 11) is 0. The summed E-state index contributed by atoms with van der Waals surface area (Å²) in [5.74, 6) is -9.32. The van der Waals surface area contributed by atoms with Crippen LogP contribution in [0.25, 0.3) is 0 Å². The second kappa shape index (κ2) is 5.32. The Morgan fingerprint density at radius 2 is 1.45 bits per heavy atom. The van der Waals surface area contributed by atoms with Crippen LogP contribution in [0.2, 0.25) is 0 Å². The molecule has 0 radical (unpaired) electrons. The van der Waals surface area contributed by atoms with Gasteiger partial charge >= 0.3 is 5.97 Å². The molecule has 0 aliphatic carbocycles. The number of hydrogen-bond acceptors (Lipinski definition) is 2. The number of esters is 1. The van der Waals surface area contributed by atoms with Crippen molar-refractivity contribution in [3.8, 4) is 5.75 Å². The molecule has 0 bridgehead atoms. The van der Waals surface area contributed by atoms with Crippen molar-refractivity contribution in [2.45, 2.75) is 6.92 Å². The van der Waals surface area contributed by atoms with Crippen LogP contribution in [-0.2, 0) is 0 Å². The minimum absolute atomic E-state index is 0.000862. The van der Waals surface area contributed by atoms with Gasteiger partial charge in [-0.2, -0.15) is 8.78 Å². The van der Waals surface area contributed by atoms with E-state index in [1.165, 1.54) is 12.1 Å². The maximum absolute atomic E-state index is 13.3. The number of carbonyl (C=O) groups excluding carboxylic acids is 1. The molecule has 0 saturated heterocycles. The second-order valence-electron chi connectivity index (χ2n) is 4.05. The zero-order chi connectivity index (χ0) is 14.9. The average Bonchev–Trinajstić information content (AvgIpc) is 2.42. The largest absolute Gasteiger partial charge is 0.416 e. The van der Waals surface area contributed by atoms with Gasteiger partial charge in [-0.1, -0.05) is 17.7 Å². The Morgan fingerprint density at radius 3 is 1.95 bits per heavy atom. The molecule has 0 N–H and O–H groups in total. The molecule has 0 aliphatic heterocycles. The molecule has 0 spiro atoms. The normalized spacial score (nSPS) is 10.4. The highest BCUT2D eigenvalue weighted by Gasteiger charge is 2.23. The molecule has 0 amide bonds. The summed E-state index contributed by atoms with van der Waals surface area (Å²) in [6, 6.07) is 5.92. The Hall–Kier alpha value is -2.37. The molecular weight excluding hydrogens is 276 g/mol. The monoisotopic (exact) mass is 284 g/mol. The molecule has 0 aromatic heterocycles. The van der Waals surface area contributed by atoms with E-state index in [1.807, 2.05) is 0 Å². The number of halogens is 4. The van der Waals surface area contributed by atoms with Crippen LogP contribution in [0.4, 0.5) is 17.6 Å². The van der Waals surface area contributed by atoms with Gasteiger partial charge < -0.3 is 4.74 Å². The van der Waals surface area contributed by atoms with E-state index in [9.17, 15) is 22.4 Å². The van der Waals surface area contributed by atoms with Gasteiger partial charge in [0.05, 0.1) is 5.56 Å². The minimum Gasteiger partial charge on any atom is -0.416 e. The molecule has 0 heterocycles. The van der Waals surface area contributed by atoms with Crippen LogP contribution < -0.4 is 4.74 Å². The summed E-state index contributed by atoms with van der Waals surface area (Å²) < 4.78 is 56.9. The van der Waals surface area contributed by atoms with Crippen LogP contribution in [0, 0.1) is 30.2 Å². The third kappa shape index (κ3) is 2.64. The lowest BCUT2D eigenvalue weighted by atomic mass is 10.1. The highest BCUT2D eigenvalue weighted by Crippen LogP contribution is 2.27. The summed E-state index contributed by atoms with van der Waals surface area (Å²) in [4.78, 5) is 11.7. The standard InChI is InChI=1S/C14H8F4O2/c1-7-2-4-8(5-3-7)14(19)20-13-11(17)9(15)6-10(16)12(13)18/h2-6H,1H3. The highest BCUT2D eigenvalue weighted by atomic mass is 19.2. The lowest BCUT2D eigenvalue weighted by molar-refractivity contribution is 0.0717. The van der Waals surface area contributed by atoms with Gasteiger partial charge in [0.1, 0.15) is 0 Å². The Kier molecular flexibility index (Phi) is 3.74. The van der Waals surface area contributed by atoms with E-state index < -0.39 is 35.0 Å². The fraction of sp³-hybridized carbons (Fsp3) is 0.0714.